The zero-order chi connectivity index (χ0) is 22.2. The Balaban J connectivity index is 1.82. The molecule has 2 N–H and O–H groups in total. The summed E-state index contributed by atoms with van der Waals surface area (Å²) in [5.41, 5.74) is 2.93. The molecule has 0 saturated heterocycles. The average Bonchev–Trinajstić information content (AvgIpc) is 3.32. The number of fused-ring (bicyclic) bond motifs is 1. The molecule has 0 unspecified atom stereocenters. The van der Waals surface area contributed by atoms with Gasteiger partial charge in [0, 0.05) is 28.4 Å². The van der Waals surface area contributed by atoms with Gasteiger partial charge in [-0.2, -0.15) is 5.10 Å². The SMILES string of the molecule is CC(C)(C)CC(=O)Nc1ccc2c(-c3ccccc3)nn(-c3nc(C(=O)O)cs3)c2c1. The Hall–Kier alpha value is -3.52. The van der Waals surface area contributed by atoms with E-state index < -0.39 is 5.97 Å². The lowest BCUT2D eigenvalue weighted by atomic mass is 9.92. The number of carbonyl (C=O) groups excluding carboxylic acids is 1. The van der Waals surface area contributed by atoms with Gasteiger partial charge in [-0.15, -0.1) is 11.3 Å². The molecule has 7 nitrogen and oxygen atoms in total. The van der Waals surface area contributed by atoms with E-state index in [-0.39, 0.29) is 17.0 Å². The molecule has 2 heterocycles. The van der Waals surface area contributed by atoms with Crippen LogP contribution >= 0.6 is 11.3 Å². The van der Waals surface area contributed by atoms with Gasteiger partial charge in [-0.05, 0) is 23.6 Å². The maximum atomic E-state index is 12.4. The smallest absolute Gasteiger partial charge is 0.355 e. The van der Waals surface area contributed by atoms with Crippen LogP contribution in [0.5, 0.6) is 0 Å². The third-order valence-electron chi connectivity index (χ3n) is 4.60. The predicted molar refractivity (Wildman–Crippen MR) is 122 cm³/mol. The van der Waals surface area contributed by atoms with Crippen LogP contribution in [0.3, 0.4) is 0 Å². The number of carboxylic acid groups (broad SMARTS) is 1. The molecule has 4 aromatic rings. The second-order valence-corrected chi connectivity index (χ2v) is 9.30. The Morgan fingerprint density at radius 1 is 1.13 bits per heavy atom. The van der Waals surface area contributed by atoms with Crippen molar-refractivity contribution in [1.82, 2.24) is 14.8 Å². The van der Waals surface area contributed by atoms with E-state index in [1.54, 1.807) is 4.68 Å². The minimum atomic E-state index is -1.09. The van der Waals surface area contributed by atoms with Crippen LogP contribution in [0.2, 0.25) is 0 Å². The second-order valence-electron chi connectivity index (χ2n) is 8.46. The maximum absolute atomic E-state index is 12.4. The van der Waals surface area contributed by atoms with E-state index >= 15 is 0 Å². The fourth-order valence-electron chi connectivity index (χ4n) is 3.29. The Labute approximate surface area is 183 Å². The van der Waals surface area contributed by atoms with Crippen LogP contribution in [-0.2, 0) is 4.79 Å². The molecular weight excluding hydrogens is 412 g/mol. The summed E-state index contributed by atoms with van der Waals surface area (Å²) in [5, 5.41) is 19.8. The molecule has 0 radical (unpaired) electrons. The van der Waals surface area contributed by atoms with Crippen LogP contribution in [-0.4, -0.2) is 31.7 Å². The first-order chi connectivity index (χ1) is 14.7. The van der Waals surface area contributed by atoms with Gasteiger partial charge >= 0.3 is 5.97 Å². The lowest BCUT2D eigenvalue weighted by Gasteiger charge is -2.17. The van der Waals surface area contributed by atoms with Gasteiger partial charge in [0.25, 0.3) is 0 Å². The topological polar surface area (TPSA) is 97.1 Å². The van der Waals surface area contributed by atoms with Crippen LogP contribution in [0.25, 0.3) is 27.3 Å². The van der Waals surface area contributed by atoms with E-state index in [9.17, 15) is 14.7 Å². The van der Waals surface area contributed by atoms with Gasteiger partial charge < -0.3 is 10.4 Å². The van der Waals surface area contributed by atoms with Gasteiger partial charge in [-0.3, -0.25) is 4.79 Å². The number of nitrogens with one attached hydrogen (secondary N) is 1. The van der Waals surface area contributed by atoms with Gasteiger partial charge in [0.15, 0.2) is 5.69 Å². The first-order valence-electron chi connectivity index (χ1n) is 9.78. The number of aromatic nitrogens is 3. The lowest BCUT2D eigenvalue weighted by molar-refractivity contribution is -0.117. The summed E-state index contributed by atoms with van der Waals surface area (Å²) in [4.78, 5) is 27.9. The highest BCUT2D eigenvalue weighted by molar-refractivity contribution is 7.12. The van der Waals surface area contributed by atoms with Crippen molar-refractivity contribution in [2.24, 2.45) is 5.41 Å². The molecule has 0 aliphatic heterocycles. The first kappa shape index (κ1) is 20.7. The number of nitrogens with zero attached hydrogens (tertiary/aromatic N) is 3. The molecule has 4 rings (SSSR count). The lowest BCUT2D eigenvalue weighted by Crippen LogP contribution is -2.19. The number of carboxylic acids is 1. The predicted octanol–water partition coefficient (Wildman–Crippen LogP) is 5.22. The molecule has 8 heteroatoms. The van der Waals surface area contributed by atoms with E-state index in [0.29, 0.717) is 17.2 Å². The fraction of sp³-hybridized carbons (Fsp3) is 0.217. The molecule has 158 valence electrons. The number of rotatable bonds is 5. The number of benzene rings is 2. The summed E-state index contributed by atoms with van der Waals surface area (Å²) < 4.78 is 1.63. The highest BCUT2D eigenvalue weighted by Crippen LogP contribution is 2.32. The second kappa shape index (κ2) is 7.96. The highest BCUT2D eigenvalue weighted by atomic mass is 32.1. The molecule has 2 aromatic heterocycles. The minimum absolute atomic E-state index is 0.0282. The summed E-state index contributed by atoms with van der Waals surface area (Å²) in [6, 6.07) is 15.4. The molecule has 0 atom stereocenters. The Kier molecular flexibility index (Phi) is 5.32. The van der Waals surface area contributed by atoms with E-state index in [1.807, 2.05) is 69.3 Å². The van der Waals surface area contributed by atoms with Gasteiger partial charge in [0.1, 0.15) is 5.69 Å². The van der Waals surface area contributed by atoms with E-state index in [0.717, 1.165) is 22.2 Å². The largest absolute Gasteiger partial charge is 0.476 e. The molecule has 0 spiro atoms. The fourth-order valence-corrected chi connectivity index (χ4v) is 4.05. The molecule has 0 fully saturated rings. The number of aromatic carboxylic acids is 1. The molecular formula is C23H22N4O3S. The Morgan fingerprint density at radius 2 is 1.87 bits per heavy atom. The van der Waals surface area contributed by atoms with Gasteiger partial charge in [0.05, 0.1) is 5.52 Å². The summed E-state index contributed by atoms with van der Waals surface area (Å²) in [7, 11) is 0. The molecule has 0 aliphatic carbocycles. The monoisotopic (exact) mass is 434 g/mol. The zero-order valence-corrected chi connectivity index (χ0v) is 18.2. The summed E-state index contributed by atoms with van der Waals surface area (Å²) in [5.74, 6) is -1.15. The first-order valence-corrected chi connectivity index (χ1v) is 10.7. The summed E-state index contributed by atoms with van der Waals surface area (Å²) in [6.07, 6.45) is 0.397. The van der Waals surface area contributed by atoms with Gasteiger partial charge in [-0.1, -0.05) is 51.1 Å². The number of hydrogen-bond donors (Lipinski definition) is 2. The van der Waals surface area contributed by atoms with Crippen molar-refractivity contribution in [3.8, 4) is 16.4 Å². The van der Waals surface area contributed by atoms with Crippen molar-refractivity contribution in [1.29, 1.82) is 0 Å². The molecule has 0 saturated carbocycles. The van der Waals surface area contributed by atoms with Crippen molar-refractivity contribution in [2.45, 2.75) is 27.2 Å². The number of carbonyl (C=O) groups is 2. The minimum Gasteiger partial charge on any atom is -0.476 e. The molecule has 0 aliphatic rings. The molecule has 0 bridgehead atoms. The molecule has 1 amide bonds. The van der Waals surface area contributed by atoms with Crippen LogP contribution in [0, 0.1) is 5.41 Å². The van der Waals surface area contributed by atoms with E-state index in [1.165, 1.54) is 16.7 Å². The van der Waals surface area contributed by atoms with Gasteiger partial charge in [-0.25, -0.2) is 14.5 Å². The van der Waals surface area contributed by atoms with Crippen molar-refractivity contribution < 1.29 is 14.7 Å². The van der Waals surface area contributed by atoms with Crippen LogP contribution < -0.4 is 5.32 Å². The third-order valence-corrected chi connectivity index (χ3v) is 5.41. The normalized spacial score (nSPS) is 11.6. The van der Waals surface area contributed by atoms with Crippen LogP contribution in [0.15, 0.2) is 53.9 Å². The zero-order valence-electron chi connectivity index (χ0n) is 17.4. The standard InChI is InChI=1S/C23H22N4O3S/c1-23(2,3)12-19(28)24-15-9-10-16-18(11-15)27(22-25-17(13-31-22)21(29)30)26-20(16)14-7-5-4-6-8-14/h4-11,13H,12H2,1-3H3,(H,24,28)(H,29,30). The van der Waals surface area contributed by atoms with Crippen molar-refractivity contribution in [3.05, 3.63) is 59.6 Å². The van der Waals surface area contributed by atoms with Crippen molar-refractivity contribution >= 4 is 39.8 Å². The van der Waals surface area contributed by atoms with Crippen LogP contribution in [0.4, 0.5) is 5.69 Å². The van der Waals surface area contributed by atoms with E-state index in [2.05, 4.69) is 10.3 Å². The number of amides is 1. The summed E-state index contributed by atoms with van der Waals surface area (Å²) in [6.45, 7) is 6.04. The highest BCUT2D eigenvalue weighted by Gasteiger charge is 2.19. The number of hydrogen-bond acceptors (Lipinski definition) is 5. The average molecular weight is 435 g/mol. The van der Waals surface area contributed by atoms with Crippen LogP contribution in [0.1, 0.15) is 37.7 Å². The number of anilines is 1. The van der Waals surface area contributed by atoms with Gasteiger partial charge in [0.2, 0.25) is 11.0 Å². The number of thiazole rings is 1. The van der Waals surface area contributed by atoms with E-state index in [4.69, 9.17) is 5.10 Å². The van der Waals surface area contributed by atoms with Crippen molar-refractivity contribution in [3.63, 3.8) is 0 Å². The summed E-state index contributed by atoms with van der Waals surface area (Å²) >= 11 is 1.20. The Morgan fingerprint density at radius 3 is 2.52 bits per heavy atom. The Bertz CT molecular complexity index is 1270. The van der Waals surface area contributed by atoms with Crippen molar-refractivity contribution in [2.75, 3.05) is 5.32 Å². The molecule has 2 aromatic carbocycles. The molecule has 31 heavy (non-hydrogen) atoms. The third kappa shape index (κ3) is 4.49. The quantitative estimate of drug-likeness (QED) is 0.449. The maximum Gasteiger partial charge on any atom is 0.355 e.